The predicted molar refractivity (Wildman–Crippen MR) is 72.8 cm³/mol. The van der Waals surface area contributed by atoms with E-state index in [4.69, 9.17) is 10.5 Å². The van der Waals surface area contributed by atoms with Gasteiger partial charge in [0.05, 0.1) is 12.8 Å². The van der Waals surface area contributed by atoms with Gasteiger partial charge in [0.2, 0.25) is 0 Å². The lowest BCUT2D eigenvalue weighted by Crippen LogP contribution is -2.10. The molecule has 0 aliphatic carbocycles. The molecule has 0 bridgehead atoms. The van der Waals surface area contributed by atoms with Crippen molar-refractivity contribution >= 4 is 11.5 Å². The van der Waals surface area contributed by atoms with Gasteiger partial charge in [-0.25, -0.2) is 4.98 Å². The van der Waals surface area contributed by atoms with E-state index in [0.29, 0.717) is 17.1 Å². The smallest absolute Gasteiger partial charge is 0.168 e. The van der Waals surface area contributed by atoms with Crippen LogP contribution >= 0.6 is 0 Å². The second-order valence-electron chi connectivity index (χ2n) is 4.08. The third-order valence-electron chi connectivity index (χ3n) is 2.62. The van der Waals surface area contributed by atoms with E-state index >= 15 is 0 Å². The van der Waals surface area contributed by atoms with Crippen molar-refractivity contribution in [2.75, 3.05) is 31.8 Å². The molecule has 0 unspecified atom stereocenters. The minimum atomic E-state index is 0.569. The number of nitrogens with zero attached hydrogens (tertiary/aromatic N) is 3. The highest BCUT2D eigenvalue weighted by molar-refractivity contribution is 5.73. The van der Waals surface area contributed by atoms with Crippen LogP contribution in [0.1, 0.15) is 0 Å². The van der Waals surface area contributed by atoms with Crippen molar-refractivity contribution in [1.82, 2.24) is 9.97 Å². The van der Waals surface area contributed by atoms with E-state index in [0.717, 1.165) is 11.4 Å². The highest BCUT2D eigenvalue weighted by Gasteiger charge is 2.11. The maximum atomic E-state index is 5.85. The van der Waals surface area contributed by atoms with Crippen molar-refractivity contribution in [3.8, 4) is 17.0 Å². The lowest BCUT2D eigenvalue weighted by molar-refractivity contribution is 0.417. The second-order valence-corrected chi connectivity index (χ2v) is 4.08. The Morgan fingerprint density at radius 2 is 1.94 bits per heavy atom. The summed E-state index contributed by atoms with van der Waals surface area (Å²) in [7, 11) is 5.47. The van der Waals surface area contributed by atoms with E-state index in [1.807, 2.05) is 31.1 Å². The number of pyridine rings is 2. The third kappa shape index (κ3) is 2.20. The van der Waals surface area contributed by atoms with E-state index < -0.39 is 0 Å². The molecule has 0 aliphatic rings. The summed E-state index contributed by atoms with van der Waals surface area (Å²) in [4.78, 5) is 10.6. The average molecular weight is 244 g/mol. The molecule has 2 heterocycles. The summed E-state index contributed by atoms with van der Waals surface area (Å²) in [6.07, 6.45) is 3.42. The van der Waals surface area contributed by atoms with Crippen LogP contribution in [0.4, 0.5) is 11.5 Å². The molecule has 2 aromatic heterocycles. The van der Waals surface area contributed by atoms with Gasteiger partial charge in [0.1, 0.15) is 11.5 Å². The second kappa shape index (κ2) is 4.91. The minimum Gasteiger partial charge on any atom is -0.492 e. The molecule has 0 radical (unpaired) electrons. The van der Waals surface area contributed by atoms with Crippen LogP contribution in [0.15, 0.2) is 30.6 Å². The monoisotopic (exact) mass is 244 g/mol. The summed E-state index contributed by atoms with van der Waals surface area (Å²) in [5.74, 6) is 1.47. The highest BCUT2D eigenvalue weighted by atomic mass is 16.5. The maximum absolute atomic E-state index is 5.85. The first kappa shape index (κ1) is 12.2. The molecule has 0 aromatic carbocycles. The number of aromatic nitrogens is 2. The van der Waals surface area contributed by atoms with E-state index in [2.05, 4.69) is 9.97 Å². The number of ether oxygens (including phenoxy) is 1. The molecule has 0 saturated heterocycles. The highest BCUT2D eigenvalue weighted by Crippen LogP contribution is 2.32. The van der Waals surface area contributed by atoms with Gasteiger partial charge in [-0.2, -0.15) is 0 Å². The van der Waals surface area contributed by atoms with Gasteiger partial charge in [-0.1, -0.05) is 0 Å². The summed E-state index contributed by atoms with van der Waals surface area (Å²) in [5, 5.41) is 0. The normalized spacial score (nSPS) is 10.2. The molecule has 2 rings (SSSR count). The van der Waals surface area contributed by atoms with Crippen LogP contribution in [0, 0.1) is 0 Å². The lowest BCUT2D eigenvalue weighted by atomic mass is 10.1. The third-order valence-corrected chi connectivity index (χ3v) is 2.62. The SMILES string of the molecule is COc1c(N)ccnc1-c1ccc(N(C)C)nc1. The largest absolute Gasteiger partial charge is 0.492 e. The zero-order valence-electron chi connectivity index (χ0n) is 10.7. The molecule has 94 valence electrons. The molecule has 0 spiro atoms. The molecule has 5 heteroatoms. The molecule has 0 aliphatic heterocycles. The molecule has 0 atom stereocenters. The summed E-state index contributed by atoms with van der Waals surface area (Å²) < 4.78 is 5.28. The standard InChI is InChI=1S/C13H16N4O/c1-17(2)11-5-4-9(8-16-11)12-13(18-3)10(14)6-7-15-12/h4-8H,1-3H3,(H2,14,15). The zero-order chi connectivity index (χ0) is 13.1. The number of hydrogen-bond acceptors (Lipinski definition) is 5. The first-order chi connectivity index (χ1) is 8.63. The Bertz CT molecular complexity index is 537. The van der Waals surface area contributed by atoms with Crippen LogP contribution in [0.3, 0.4) is 0 Å². The Balaban J connectivity index is 2.46. The van der Waals surface area contributed by atoms with Gasteiger partial charge in [0, 0.05) is 32.1 Å². The fourth-order valence-electron chi connectivity index (χ4n) is 1.67. The van der Waals surface area contributed by atoms with Crippen LogP contribution in [-0.4, -0.2) is 31.2 Å². The summed E-state index contributed by atoms with van der Waals surface area (Å²) in [5.41, 5.74) is 8.01. The topological polar surface area (TPSA) is 64.3 Å². The van der Waals surface area contributed by atoms with Crippen LogP contribution in [-0.2, 0) is 0 Å². The maximum Gasteiger partial charge on any atom is 0.168 e. The number of nitrogens with two attached hydrogens (primary N) is 1. The lowest BCUT2D eigenvalue weighted by Gasteiger charge is -2.13. The molecule has 5 nitrogen and oxygen atoms in total. The Morgan fingerprint density at radius 3 is 2.50 bits per heavy atom. The van der Waals surface area contributed by atoms with Gasteiger partial charge >= 0.3 is 0 Å². The molecule has 2 aromatic rings. The van der Waals surface area contributed by atoms with Gasteiger partial charge in [-0.3, -0.25) is 4.98 Å². The number of rotatable bonds is 3. The van der Waals surface area contributed by atoms with E-state index in [-0.39, 0.29) is 0 Å². The summed E-state index contributed by atoms with van der Waals surface area (Å²) in [6, 6.07) is 5.59. The van der Waals surface area contributed by atoms with Gasteiger partial charge in [0.15, 0.2) is 5.75 Å². The van der Waals surface area contributed by atoms with Crippen molar-refractivity contribution < 1.29 is 4.74 Å². The van der Waals surface area contributed by atoms with Crippen LogP contribution < -0.4 is 15.4 Å². The van der Waals surface area contributed by atoms with Crippen molar-refractivity contribution in [3.63, 3.8) is 0 Å². The number of methoxy groups -OCH3 is 1. The first-order valence-electron chi connectivity index (χ1n) is 5.55. The van der Waals surface area contributed by atoms with Crippen molar-refractivity contribution in [2.24, 2.45) is 0 Å². The Labute approximate surface area is 106 Å². The average Bonchev–Trinajstić information content (AvgIpc) is 2.38. The van der Waals surface area contributed by atoms with Gasteiger partial charge in [0.25, 0.3) is 0 Å². The number of nitrogen functional groups attached to an aromatic ring is 1. The Kier molecular flexibility index (Phi) is 3.32. The van der Waals surface area contributed by atoms with E-state index in [1.165, 1.54) is 0 Å². The van der Waals surface area contributed by atoms with Gasteiger partial charge in [-0.05, 0) is 18.2 Å². The summed E-state index contributed by atoms with van der Waals surface area (Å²) in [6.45, 7) is 0. The van der Waals surface area contributed by atoms with E-state index in [1.54, 1.807) is 25.6 Å². The number of anilines is 2. The van der Waals surface area contributed by atoms with Gasteiger partial charge < -0.3 is 15.4 Å². The molecule has 0 saturated carbocycles. The predicted octanol–water partition coefficient (Wildman–Crippen LogP) is 1.80. The number of hydrogen-bond donors (Lipinski definition) is 1. The van der Waals surface area contributed by atoms with Crippen LogP contribution in [0.2, 0.25) is 0 Å². The molecule has 2 N–H and O–H groups in total. The zero-order valence-corrected chi connectivity index (χ0v) is 10.7. The Hall–Kier alpha value is -2.30. The van der Waals surface area contributed by atoms with Crippen molar-refractivity contribution in [1.29, 1.82) is 0 Å². The van der Waals surface area contributed by atoms with Gasteiger partial charge in [-0.15, -0.1) is 0 Å². The minimum absolute atomic E-state index is 0.569. The molecule has 18 heavy (non-hydrogen) atoms. The van der Waals surface area contributed by atoms with Crippen LogP contribution in [0.25, 0.3) is 11.3 Å². The fourth-order valence-corrected chi connectivity index (χ4v) is 1.67. The molecule has 0 fully saturated rings. The summed E-state index contributed by atoms with van der Waals surface area (Å²) >= 11 is 0. The molecular weight excluding hydrogens is 228 g/mol. The quantitative estimate of drug-likeness (QED) is 0.892. The van der Waals surface area contributed by atoms with Crippen molar-refractivity contribution in [3.05, 3.63) is 30.6 Å². The first-order valence-corrected chi connectivity index (χ1v) is 5.55. The van der Waals surface area contributed by atoms with Crippen LogP contribution in [0.5, 0.6) is 5.75 Å². The fraction of sp³-hybridized carbons (Fsp3) is 0.231. The Morgan fingerprint density at radius 1 is 1.17 bits per heavy atom. The van der Waals surface area contributed by atoms with Crippen molar-refractivity contribution in [2.45, 2.75) is 0 Å². The van der Waals surface area contributed by atoms with E-state index in [9.17, 15) is 0 Å². The molecule has 0 amide bonds. The molecular formula is C13H16N4O.